The van der Waals surface area contributed by atoms with Crippen LogP contribution in [0, 0.1) is 5.82 Å². The van der Waals surface area contributed by atoms with Gasteiger partial charge in [-0.05, 0) is 13.0 Å². The maximum absolute atomic E-state index is 14.4. The van der Waals surface area contributed by atoms with E-state index in [0.29, 0.717) is 28.7 Å². The van der Waals surface area contributed by atoms with Crippen LogP contribution >= 0.6 is 0 Å². The molecule has 0 aliphatic carbocycles. The number of amidine groups is 1. The Hall–Kier alpha value is -3.28. The smallest absolute Gasteiger partial charge is 0.234 e. The van der Waals surface area contributed by atoms with Crippen molar-refractivity contribution in [2.45, 2.75) is 18.2 Å². The summed E-state index contributed by atoms with van der Waals surface area (Å²) in [7, 11) is 0.246. The van der Waals surface area contributed by atoms with Crippen LogP contribution in [0.2, 0.25) is 0 Å². The van der Waals surface area contributed by atoms with E-state index >= 15 is 0 Å². The lowest BCUT2D eigenvalue weighted by atomic mass is 10.1. The number of hydrogen-bond acceptors (Lipinski definition) is 10. The lowest BCUT2D eigenvalue weighted by Gasteiger charge is -2.23. The standard InChI is InChI=1S/C17H17FN8O2S/c1-8-15(19)24-11(6-29(8)27)9-3-12(20-4-10(9)18)25-16-14-17(23-7-22-16)26-13(28-2)5-21-14/h3-5,7-8,11H,6H2,1-2H3,(H2,19,24)(H,20,22,23,25,26). The third-order valence-electron chi connectivity index (χ3n) is 4.46. The second-order valence-corrected chi connectivity index (χ2v) is 8.08. The molecule has 150 valence electrons. The molecule has 3 N–H and O–H groups in total. The van der Waals surface area contributed by atoms with Gasteiger partial charge in [-0.25, -0.2) is 24.3 Å². The van der Waals surface area contributed by atoms with Crippen molar-refractivity contribution in [2.24, 2.45) is 10.7 Å². The lowest BCUT2D eigenvalue weighted by Crippen LogP contribution is -2.37. The number of fused-ring (bicyclic) bond motifs is 1. The molecule has 3 aromatic rings. The van der Waals surface area contributed by atoms with Gasteiger partial charge in [0, 0.05) is 16.4 Å². The summed E-state index contributed by atoms with van der Waals surface area (Å²) in [5, 5.41) is 2.64. The van der Waals surface area contributed by atoms with Crippen LogP contribution in [0.4, 0.5) is 16.0 Å². The zero-order valence-corrected chi connectivity index (χ0v) is 16.4. The highest BCUT2D eigenvalue weighted by Gasteiger charge is 2.29. The van der Waals surface area contributed by atoms with Crippen molar-refractivity contribution in [3.05, 3.63) is 36.2 Å². The molecular formula is C17H17FN8O2S. The van der Waals surface area contributed by atoms with E-state index in [1.165, 1.54) is 25.7 Å². The summed E-state index contributed by atoms with van der Waals surface area (Å²) in [5.74, 6) is 0.858. The van der Waals surface area contributed by atoms with Crippen LogP contribution in [-0.2, 0) is 10.8 Å². The van der Waals surface area contributed by atoms with Gasteiger partial charge in [-0.3, -0.25) is 9.20 Å². The van der Waals surface area contributed by atoms with Crippen LogP contribution in [0.25, 0.3) is 11.2 Å². The lowest BCUT2D eigenvalue weighted by molar-refractivity contribution is 0.397. The molecule has 12 heteroatoms. The average Bonchev–Trinajstić information content (AvgIpc) is 2.72. The van der Waals surface area contributed by atoms with Gasteiger partial charge in [0.25, 0.3) is 0 Å². The topological polar surface area (TPSA) is 141 Å². The van der Waals surface area contributed by atoms with Gasteiger partial charge in [0.05, 0.1) is 36.5 Å². The van der Waals surface area contributed by atoms with Crippen molar-refractivity contribution in [1.82, 2.24) is 24.9 Å². The Morgan fingerprint density at radius 3 is 2.86 bits per heavy atom. The molecule has 0 saturated heterocycles. The van der Waals surface area contributed by atoms with Crippen molar-refractivity contribution < 1.29 is 13.3 Å². The summed E-state index contributed by atoms with van der Waals surface area (Å²) < 4.78 is 31.7. The number of aromatic nitrogens is 5. The quantitative estimate of drug-likeness (QED) is 0.643. The van der Waals surface area contributed by atoms with Gasteiger partial charge >= 0.3 is 0 Å². The van der Waals surface area contributed by atoms with Gasteiger partial charge in [0.2, 0.25) is 5.88 Å². The zero-order valence-electron chi connectivity index (χ0n) is 15.5. The van der Waals surface area contributed by atoms with E-state index in [-0.39, 0.29) is 22.4 Å². The highest BCUT2D eigenvalue weighted by Crippen LogP contribution is 2.29. The molecule has 0 radical (unpaired) electrons. The maximum Gasteiger partial charge on any atom is 0.234 e. The van der Waals surface area contributed by atoms with Crippen molar-refractivity contribution in [3.63, 3.8) is 0 Å². The molecular weight excluding hydrogens is 399 g/mol. The monoisotopic (exact) mass is 416 g/mol. The molecule has 29 heavy (non-hydrogen) atoms. The van der Waals surface area contributed by atoms with E-state index in [2.05, 4.69) is 35.2 Å². The minimum atomic E-state index is -1.23. The number of hydrogen-bond donors (Lipinski definition) is 2. The molecule has 0 spiro atoms. The predicted molar refractivity (Wildman–Crippen MR) is 106 cm³/mol. The Morgan fingerprint density at radius 1 is 1.28 bits per heavy atom. The first kappa shape index (κ1) is 19.1. The van der Waals surface area contributed by atoms with Gasteiger partial charge in [-0.2, -0.15) is 4.98 Å². The number of aliphatic imine (C=N–C) groups is 1. The largest absolute Gasteiger partial charge is 0.480 e. The molecule has 10 nitrogen and oxygen atoms in total. The first-order valence-corrected chi connectivity index (χ1v) is 9.99. The summed E-state index contributed by atoms with van der Waals surface area (Å²) in [6, 6.07) is 0.844. The van der Waals surface area contributed by atoms with E-state index in [4.69, 9.17) is 10.5 Å². The molecule has 0 aromatic carbocycles. The highest BCUT2D eigenvalue weighted by molar-refractivity contribution is 7.86. The van der Waals surface area contributed by atoms with Crippen LogP contribution in [0.1, 0.15) is 18.5 Å². The molecule has 3 unspecified atom stereocenters. The van der Waals surface area contributed by atoms with E-state index in [1.54, 1.807) is 6.92 Å². The number of nitrogens with zero attached hydrogens (tertiary/aromatic N) is 6. The SMILES string of the molecule is COc1cnc2c(Nc3cc(C4CS(=O)C(C)C(N)=N4)c(F)cn3)ncnc2n1. The Kier molecular flexibility index (Phi) is 5.01. The number of methoxy groups -OCH3 is 1. The Bertz CT molecular complexity index is 1140. The van der Waals surface area contributed by atoms with Crippen LogP contribution < -0.4 is 15.8 Å². The van der Waals surface area contributed by atoms with E-state index < -0.39 is 22.7 Å². The first-order chi connectivity index (χ1) is 14.0. The summed E-state index contributed by atoms with van der Waals surface area (Å²) >= 11 is 0. The van der Waals surface area contributed by atoms with Gasteiger partial charge < -0.3 is 15.8 Å². The first-order valence-electron chi connectivity index (χ1n) is 8.60. The predicted octanol–water partition coefficient (Wildman–Crippen LogP) is 1.26. The van der Waals surface area contributed by atoms with Gasteiger partial charge in [-0.15, -0.1) is 0 Å². The third-order valence-corrected chi connectivity index (χ3v) is 6.14. The van der Waals surface area contributed by atoms with E-state index in [9.17, 15) is 8.60 Å². The van der Waals surface area contributed by atoms with Crippen LogP contribution in [0.15, 0.2) is 29.8 Å². The molecule has 0 saturated carbocycles. The zero-order chi connectivity index (χ0) is 20.5. The normalized spacial score (nSPS) is 21.6. The van der Waals surface area contributed by atoms with Crippen molar-refractivity contribution in [3.8, 4) is 5.88 Å². The van der Waals surface area contributed by atoms with Crippen LogP contribution in [-0.4, -0.2) is 53.1 Å². The molecule has 0 amide bonds. The van der Waals surface area contributed by atoms with E-state index in [1.807, 2.05) is 0 Å². The summed E-state index contributed by atoms with van der Waals surface area (Å²) in [5.41, 5.74) is 6.83. The second-order valence-electron chi connectivity index (χ2n) is 6.28. The fourth-order valence-electron chi connectivity index (χ4n) is 2.83. The van der Waals surface area contributed by atoms with Crippen molar-refractivity contribution >= 4 is 39.4 Å². The van der Waals surface area contributed by atoms with Gasteiger partial charge in [0.1, 0.15) is 23.8 Å². The van der Waals surface area contributed by atoms with Crippen molar-refractivity contribution in [1.29, 1.82) is 0 Å². The van der Waals surface area contributed by atoms with E-state index in [0.717, 1.165) is 6.20 Å². The van der Waals surface area contributed by atoms with Crippen LogP contribution in [0.3, 0.4) is 0 Å². The minimum Gasteiger partial charge on any atom is -0.480 e. The summed E-state index contributed by atoms with van der Waals surface area (Å²) in [6.45, 7) is 1.73. The van der Waals surface area contributed by atoms with Crippen LogP contribution in [0.5, 0.6) is 5.88 Å². The number of ether oxygens (including phenoxy) is 1. The number of pyridine rings is 1. The number of anilines is 2. The molecule has 3 atom stereocenters. The number of nitrogens with two attached hydrogens (primary N) is 1. The highest BCUT2D eigenvalue weighted by atomic mass is 32.2. The fraction of sp³-hybridized carbons (Fsp3) is 0.294. The number of nitrogens with one attached hydrogen (secondary N) is 1. The molecule has 1 aliphatic rings. The molecule has 3 aromatic heterocycles. The Balaban J connectivity index is 1.69. The van der Waals surface area contributed by atoms with Gasteiger partial charge in [0.15, 0.2) is 17.0 Å². The molecule has 0 fully saturated rings. The molecule has 1 aliphatic heterocycles. The fourth-order valence-corrected chi connectivity index (χ4v) is 4.01. The number of rotatable bonds is 4. The minimum absolute atomic E-state index is 0.184. The molecule has 4 rings (SSSR count). The summed E-state index contributed by atoms with van der Waals surface area (Å²) in [6.07, 6.45) is 3.83. The molecule has 4 heterocycles. The average molecular weight is 416 g/mol. The second kappa shape index (κ2) is 7.62. The third kappa shape index (κ3) is 3.70. The van der Waals surface area contributed by atoms with Gasteiger partial charge in [-0.1, -0.05) is 0 Å². The van der Waals surface area contributed by atoms with Crippen molar-refractivity contribution in [2.75, 3.05) is 18.2 Å². The number of halogens is 1. The maximum atomic E-state index is 14.4. The Labute approximate surface area is 167 Å². The Morgan fingerprint density at radius 2 is 2.10 bits per heavy atom. The summed E-state index contributed by atoms with van der Waals surface area (Å²) in [4.78, 5) is 25.0. The molecule has 0 bridgehead atoms.